The minimum absolute atomic E-state index is 0.0100. The molecular formula is C16H17N3O4. The monoisotopic (exact) mass is 315 g/mol. The van der Waals surface area contributed by atoms with Gasteiger partial charge in [-0.25, -0.2) is 4.98 Å². The van der Waals surface area contributed by atoms with Crippen molar-refractivity contribution >= 4 is 11.9 Å². The zero-order valence-corrected chi connectivity index (χ0v) is 12.6. The first-order chi connectivity index (χ1) is 11.0. The van der Waals surface area contributed by atoms with Gasteiger partial charge in [-0.15, -0.1) is 0 Å². The molecule has 120 valence electrons. The average molecular weight is 315 g/mol. The van der Waals surface area contributed by atoms with E-state index in [4.69, 9.17) is 9.84 Å². The van der Waals surface area contributed by atoms with Crippen molar-refractivity contribution in [1.82, 2.24) is 15.3 Å². The Balaban J connectivity index is 1.96. The zero-order valence-electron chi connectivity index (χ0n) is 12.6. The lowest BCUT2D eigenvalue weighted by atomic mass is 10.1. The van der Waals surface area contributed by atoms with Gasteiger partial charge in [-0.1, -0.05) is 13.0 Å². The first-order valence-electron chi connectivity index (χ1n) is 7.08. The van der Waals surface area contributed by atoms with Gasteiger partial charge in [0.2, 0.25) is 5.88 Å². The van der Waals surface area contributed by atoms with E-state index in [2.05, 4.69) is 15.3 Å². The number of ether oxygens (including phenoxy) is 1. The van der Waals surface area contributed by atoms with E-state index < -0.39 is 5.97 Å². The molecule has 7 heteroatoms. The minimum atomic E-state index is -0.883. The summed E-state index contributed by atoms with van der Waals surface area (Å²) < 4.78 is 5.52. The molecule has 2 aromatic rings. The fourth-order valence-corrected chi connectivity index (χ4v) is 1.90. The van der Waals surface area contributed by atoms with Crippen LogP contribution in [-0.2, 0) is 4.79 Å². The SMILES string of the molecule is CC(CNC(=O)c1cccc(Oc2cnccn2)c1)CC(=O)O. The third-order valence-electron chi connectivity index (χ3n) is 2.99. The molecule has 1 atom stereocenters. The molecule has 0 radical (unpaired) electrons. The number of carbonyl (C=O) groups excluding carboxylic acids is 1. The summed E-state index contributed by atoms with van der Waals surface area (Å²) in [6.45, 7) is 2.06. The molecule has 1 aromatic heterocycles. The predicted octanol–water partition coefficient (Wildman–Crippen LogP) is 2.11. The fourth-order valence-electron chi connectivity index (χ4n) is 1.90. The van der Waals surface area contributed by atoms with Crippen LogP contribution >= 0.6 is 0 Å². The predicted molar refractivity (Wildman–Crippen MR) is 82.3 cm³/mol. The van der Waals surface area contributed by atoms with Gasteiger partial charge < -0.3 is 15.2 Å². The number of aromatic nitrogens is 2. The Kier molecular flexibility index (Phi) is 5.62. The third-order valence-corrected chi connectivity index (χ3v) is 2.99. The topological polar surface area (TPSA) is 101 Å². The number of hydrogen-bond donors (Lipinski definition) is 2. The molecule has 23 heavy (non-hydrogen) atoms. The molecule has 0 saturated heterocycles. The molecule has 2 rings (SSSR count). The number of nitrogens with one attached hydrogen (secondary N) is 1. The maximum Gasteiger partial charge on any atom is 0.303 e. The van der Waals surface area contributed by atoms with Crippen molar-refractivity contribution in [2.45, 2.75) is 13.3 Å². The lowest BCUT2D eigenvalue weighted by Gasteiger charge is -2.11. The second-order valence-electron chi connectivity index (χ2n) is 5.09. The summed E-state index contributed by atoms with van der Waals surface area (Å²) in [5, 5.41) is 11.4. The van der Waals surface area contributed by atoms with Crippen molar-refractivity contribution in [3.05, 3.63) is 48.4 Å². The Morgan fingerprint density at radius 1 is 1.35 bits per heavy atom. The van der Waals surface area contributed by atoms with Gasteiger partial charge in [-0.05, 0) is 24.1 Å². The number of carboxylic acid groups (broad SMARTS) is 1. The maximum absolute atomic E-state index is 12.1. The van der Waals surface area contributed by atoms with E-state index in [1.165, 1.54) is 18.6 Å². The highest BCUT2D eigenvalue weighted by Gasteiger charge is 2.11. The van der Waals surface area contributed by atoms with Crippen molar-refractivity contribution in [3.8, 4) is 11.6 Å². The van der Waals surface area contributed by atoms with Gasteiger partial charge in [0, 0.05) is 30.9 Å². The quantitative estimate of drug-likeness (QED) is 0.811. The van der Waals surface area contributed by atoms with Crippen LogP contribution in [0.15, 0.2) is 42.9 Å². The highest BCUT2D eigenvalue weighted by atomic mass is 16.5. The van der Waals surface area contributed by atoms with Crippen LogP contribution < -0.4 is 10.1 Å². The molecular weight excluding hydrogens is 298 g/mol. The first kappa shape index (κ1) is 16.4. The number of nitrogens with zero attached hydrogens (tertiary/aromatic N) is 2. The molecule has 0 saturated carbocycles. The van der Waals surface area contributed by atoms with E-state index in [1.54, 1.807) is 31.2 Å². The Hall–Kier alpha value is -2.96. The number of carboxylic acids is 1. The second kappa shape index (κ2) is 7.88. The van der Waals surface area contributed by atoms with Crippen LogP contribution in [0, 0.1) is 5.92 Å². The Morgan fingerprint density at radius 3 is 2.87 bits per heavy atom. The van der Waals surface area contributed by atoms with Crippen molar-refractivity contribution in [3.63, 3.8) is 0 Å². The largest absolute Gasteiger partial charge is 0.481 e. The summed E-state index contributed by atoms with van der Waals surface area (Å²) in [7, 11) is 0. The van der Waals surface area contributed by atoms with Gasteiger partial charge in [-0.2, -0.15) is 0 Å². The van der Waals surface area contributed by atoms with E-state index in [9.17, 15) is 9.59 Å². The van der Waals surface area contributed by atoms with Gasteiger partial charge in [-0.3, -0.25) is 14.6 Å². The molecule has 1 heterocycles. The highest BCUT2D eigenvalue weighted by Crippen LogP contribution is 2.19. The molecule has 0 spiro atoms. The second-order valence-corrected chi connectivity index (χ2v) is 5.09. The number of benzene rings is 1. The van der Waals surface area contributed by atoms with Crippen LogP contribution in [-0.4, -0.2) is 33.5 Å². The van der Waals surface area contributed by atoms with Crippen LogP contribution in [0.1, 0.15) is 23.7 Å². The molecule has 0 aliphatic carbocycles. The Morgan fingerprint density at radius 2 is 2.17 bits per heavy atom. The summed E-state index contributed by atoms with van der Waals surface area (Å²) >= 11 is 0. The van der Waals surface area contributed by atoms with E-state index in [0.717, 1.165) is 0 Å². The highest BCUT2D eigenvalue weighted by molar-refractivity contribution is 5.94. The van der Waals surface area contributed by atoms with Crippen LogP contribution in [0.4, 0.5) is 0 Å². The van der Waals surface area contributed by atoms with Crippen molar-refractivity contribution in [1.29, 1.82) is 0 Å². The Labute approximate surface area is 133 Å². The van der Waals surface area contributed by atoms with Crippen LogP contribution in [0.25, 0.3) is 0 Å². The van der Waals surface area contributed by atoms with Crippen molar-refractivity contribution < 1.29 is 19.4 Å². The van der Waals surface area contributed by atoms with Crippen molar-refractivity contribution in [2.75, 3.05) is 6.54 Å². The lowest BCUT2D eigenvalue weighted by Crippen LogP contribution is -2.29. The summed E-state index contributed by atoms with van der Waals surface area (Å²) in [5.74, 6) is -0.509. The minimum Gasteiger partial charge on any atom is -0.481 e. The molecule has 1 unspecified atom stereocenters. The van der Waals surface area contributed by atoms with Crippen molar-refractivity contribution in [2.24, 2.45) is 5.92 Å². The smallest absolute Gasteiger partial charge is 0.303 e. The molecule has 7 nitrogen and oxygen atoms in total. The number of aliphatic carboxylic acids is 1. The van der Waals surface area contributed by atoms with Gasteiger partial charge in [0.05, 0.1) is 6.20 Å². The summed E-state index contributed by atoms with van der Waals surface area (Å²) in [4.78, 5) is 30.6. The summed E-state index contributed by atoms with van der Waals surface area (Å²) in [6.07, 6.45) is 4.53. The molecule has 1 aromatic carbocycles. The standard InChI is InChI=1S/C16H17N3O4/c1-11(7-15(20)21)9-19-16(22)12-3-2-4-13(8-12)23-14-10-17-5-6-18-14/h2-6,8,10-11H,7,9H2,1H3,(H,19,22)(H,20,21). The zero-order chi connectivity index (χ0) is 16.7. The molecule has 1 amide bonds. The maximum atomic E-state index is 12.1. The molecule has 0 fully saturated rings. The lowest BCUT2D eigenvalue weighted by molar-refractivity contribution is -0.137. The number of carbonyl (C=O) groups is 2. The first-order valence-corrected chi connectivity index (χ1v) is 7.08. The molecule has 0 bridgehead atoms. The third kappa shape index (κ3) is 5.39. The Bertz CT molecular complexity index is 676. The van der Waals surface area contributed by atoms with E-state index in [-0.39, 0.29) is 18.2 Å². The van der Waals surface area contributed by atoms with Gasteiger partial charge >= 0.3 is 5.97 Å². The van der Waals surface area contributed by atoms with Crippen LogP contribution in [0.2, 0.25) is 0 Å². The summed E-state index contributed by atoms with van der Waals surface area (Å²) in [5.41, 5.74) is 0.425. The average Bonchev–Trinajstić information content (AvgIpc) is 2.53. The van der Waals surface area contributed by atoms with E-state index in [0.29, 0.717) is 23.7 Å². The molecule has 2 N–H and O–H groups in total. The van der Waals surface area contributed by atoms with Gasteiger partial charge in [0.15, 0.2) is 0 Å². The van der Waals surface area contributed by atoms with Gasteiger partial charge in [0.25, 0.3) is 5.91 Å². The van der Waals surface area contributed by atoms with Gasteiger partial charge in [0.1, 0.15) is 5.75 Å². The number of rotatable bonds is 7. The van der Waals surface area contributed by atoms with Crippen LogP contribution in [0.5, 0.6) is 11.6 Å². The van der Waals surface area contributed by atoms with E-state index >= 15 is 0 Å². The molecule has 0 aliphatic heterocycles. The fraction of sp³-hybridized carbons (Fsp3) is 0.250. The normalized spacial score (nSPS) is 11.5. The number of hydrogen-bond acceptors (Lipinski definition) is 5. The van der Waals surface area contributed by atoms with E-state index in [1.807, 2.05) is 0 Å². The molecule has 0 aliphatic rings. The summed E-state index contributed by atoms with van der Waals surface area (Å²) in [6, 6.07) is 6.65. The number of amides is 1. The van der Waals surface area contributed by atoms with Crippen LogP contribution in [0.3, 0.4) is 0 Å².